The van der Waals surface area contributed by atoms with E-state index < -0.39 is 74.6 Å². The fraction of sp³-hybridized carbons (Fsp3) is 0.917. The third-order valence-electron chi connectivity index (χ3n) is 3.47. The van der Waals surface area contributed by atoms with Crippen molar-refractivity contribution < 1.29 is 55.1 Å². The van der Waals surface area contributed by atoms with Gasteiger partial charge in [0.15, 0.2) is 6.29 Å². The molecular weight excluding hydrogens is 320 g/mol. The first-order valence-electron chi connectivity index (χ1n) is 6.87. The number of hydrogen-bond acceptors (Lipinski definition) is 10. The number of aliphatic carboxylic acids is 1. The van der Waals surface area contributed by atoms with Crippen molar-refractivity contribution in [2.24, 2.45) is 0 Å². The molecule has 0 aliphatic carbocycles. The van der Waals surface area contributed by atoms with Crippen LogP contribution in [0.3, 0.4) is 0 Å². The van der Waals surface area contributed by atoms with E-state index in [1.807, 2.05) is 0 Å². The van der Waals surface area contributed by atoms with Crippen molar-refractivity contribution in [2.45, 2.75) is 55.4 Å². The van der Waals surface area contributed by atoms with E-state index in [4.69, 9.17) is 24.8 Å². The second-order valence-electron chi connectivity index (χ2n) is 5.21. The van der Waals surface area contributed by atoms with Crippen molar-refractivity contribution in [1.82, 2.24) is 0 Å². The standard InChI is InChI=1S/C12H22O11/c13-2-5(16)11(4(15)1-7(17)18)23-12-10(21)9(20)8(19)6(3-14)22-12/h4-6,8-16,19-21H,1-3H2,(H,17,18)/t4?,5?,6-,8+,9+,10-,11?,12+/m1/s1. The van der Waals surface area contributed by atoms with Gasteiger partial charge in [-0.15, -0.1) is 0 Å². The first-order valence-corrected chi connectivity index (χ1v) is 6.87. The van der Waals surface area contributed by atoms with Crippen LogP contribution in [0.5, 0.6) is 0 Å². The van der Waals surface area contributed by atoms with Crippen LogP contribution in [-0.4, -0.2) is 109 Å². The Morgan fingerprint density at radius 2 is 1.65 bits per heavy atom. The van der Waals surface area contributed by atoms with Crippen LogP contribution >= 0.6 is 0 Å². The Hall–Kier alpha value is -0.890. The van der Waals surface area contributed by atoms with E-state index in [2.05, 4.69) is 0 Å². The van der Waals surface area contributed by atoms with Crippen LogP contribution in [0.1, 0.15) is 6.42 Å². The summed E-state index contributed by atoms with van der Waals surface area (Å²) in [5.74, 6) is -1.40. The quantitative estimate of drug-likeness (QED) is 0.211. The molecule has 11 heteroatoms. The monoisotopic (exact) mass is 342 g/mol. The highest BCUT2D eigenvalue weighted by atomic mass is 16.7. The smallest absolute Gasteiger partial charge is 0.306 e. The summed E-state index contributed by atoms with van der Waals surface area (Å²) in [4.78, 5) is 10.6. The summed E-state index contributed by atoms with van der Waals surface area (Å²) in [5.41, 5.74) is 0. The van der Waals surface area contributed by atoms with Crippen molar-refractivity contribution >= 4 is 5.97 Å². The number of ether oxygens (including phenoxy) is 2. The summed E-state index contributed by atoms with van der Waals surface area (Å²) in [5, 5.41) is 75.1. The molecule has 1 fully saturated rings. The molecule has 1 aliphatic heterocycles. The molecule has 8 N–H and O–H groups in total. The average Bonchev–Trinajstić information content (AvgIpc) is 2.50. The zero-order valence-electron chi connectivity index (χ0n) is 12.0. The van der Waals surface area contributed by atoms with Gasteiger partial charge in [-0.3, -0.25) is 4.79 Å². The molecule has 1 rings (SSSR count). The van der Waals surface area contributed by atoms with E-state index in [9.17, 15) is 30.3 Å². The van der Waals surface area contributed by atoms with E-state index in [1.54, 1.807) is 0 Å². The third kappa shape index (κ3) is 5.04. The SMILES string of the molecule is O=C(O)CC(O)C(O[C@@H]1O[C@H](CO)[C@H](O)[C@H](O)[C@H]1O)C(O)CO. The maximum Gasteiger partial charge on any atom is 0.306 e. The Balaban J connectivity index is 2.86. The van der Waals surface area contributed by atoms with Crippen LogP contribution in [0.15, 0.2) is 0 Å². The molecule has 23 heavy (non-hydrogen) atoms. The van der Waals surface area contributed by atoms with E-state index in [1.165, 1.54) is 0 Å². The number of carboxylic acid groups (broad SMARTS) is 1. The lowest BCUT2D eigenvalue weighted by Gasteiger charge is -2.41. The Labute approximate surface area is 130 Å². The lowest BCUT2D eigenvalue weighted by Crippen LogP contribution is -2.61. The topological polar surface area (TPSA) is 197 Å². The van der Waals surface area contributed by atoms with Crippen molar-refractivity contribution in [1.29, 1.82) is 0 Å². The minimum Gasteiger partial charge on any atom is -0.481 e. The molecule has 0 aromatic heterocycles. The van der Waals surface area contributed by atoms with E-state index in [-0.39, 0.29) is 0 Å². The van der Waals surface area contributed by atoms with Crippen LogP contribution in [-0.2, 0) is 14.3 Å². The molecule has 0 aromatic carbocycles. The van der Waals surface area contributed by atoms with Crippen molar-refractivity contribution in [2.75, 3.05) is 13.2 Å². The molecule has 0 spiro atoms. The first-order chi connectivity index (χ1) is 10.7. The molecule has 0 amide bonds. The molecule has 0 saturated carbocycles. The largest absolute Gasteiger partial charge is 0.481 e. The van der Waals surface area contributed by atoms with Gasteiger partial charge in [0.05, 0.1) is 25.7 Å². The van der Waals surface area contributed by atoms with Crippen LogP contribution < -0.4 is 0 Å². The van der Waals surface area contributed by atoms with Gasteiger partial charge in [0, 0.05) is 0 Å². The lowest BCUT2D eigenvalue weighted by atomic mass is 9.99. The molecule has 0 bridgehead atoms. The normalized spacial score (nSPS) is 35.5. The fourth-order valence-corrected chi connectivity index (χ4v) is 2.17. The fourth-order valence-electron chi connectivity index (χ4n) is 2.17. The molecule has 0 radical (unpaired) electrons. The Morgan fingerprint density at radius 1 is 1.04 bits per heavy atom. The van der Waals surface area contributed by atoms with Crippen LogP contribution in [0.2, 0.25) is 0 Å². The second-order valence-corrected chi connectivity index (χ2v) is 5.21. The zero-order chi connectivity index (χ0) is 17.7. The number of hydrogen-bond donors (Lipinski definition) is 8. The maximum absolute atomic E-state index is 10.6. The number of carboxylic acids is 1. The van der Waals surface area contributed by atoms with Gasteiger partial charge in [-0.05, 0) is 0 Å². The molecule has 8 atom stereocenters. The van der Waals surface area contributed by atoms with Crippen molar-refractivity contribution in [3.63, 3.8) is 0 Å². The predicted octanol–water partition coefficient (Wildman–Crippen LogP) is -4.64. The minimum absolute atomic E-state index is 0.713. The number of carbonyl (C=O) groups is 1. The minimum atomic E-state index is -1.79. The van der Waals surface area contributed by atoms with Crippen molar-refractivity contribution in [3.05, 3.63) is 0 Å². The second kappa shape index (κ2) is 8.82. The highest BCUT2D eigenvalue weighted by molar-refractivity contribution is 5.67. The molecule has 1 saturated heterocycles. The van der Waals surface area contributed by atoms with Gasteiger partial charge in [0.25, 0.3) is 0 Å². The average molecular weight is 342 g/mol. The Morgan fingerprint density at radius 3 is 2.13 bits per heavy atom. The van der Waals surface area contributed by atoms with E-state index >= 15 is 0 Å². The van der Waals surface area contributed by atoms with Gasteiger partial charge < -0.3 is 50.3 Å². The summed E-state index contributed by atoms with van der Waals surface area (Å²) in [6.45, 7) is -1.59. The van der Waals surface area contributed by atoms with Gasteiger partial charge in [-0.1, -0.05) is 0 Å². The molecule has 3 unspecified atom stereocenters. The Kier molecular flexibility index (Phi) is 7.73. The van der Waals surface area contributed by atoms with Gasteiger partial charge in [0.2, 0.25) is 0 Å². The van der Waals surface area contributed by atoms with Gasteiger partial charge in [0.1, 0.15) is 36.6 Å². The van der Waals surface area contributed by atoms with E-state index in [0.717, 1.165) is 0 Å². The van der Waals surface area contributed by atoms with Crippen molar-refractivity contribution in [3.8, 4) is 0 Å². The zero-order valence-corrected chi connectivity index (χ0v) is 12.0. The molecule has 11 nitrogen and oxygen atoms in total. The first kappa shape index (κ1) is 20.2. The van der Waals surface area contributed by atoms with Crippen LogP contribution in [0.4, 0.5) is 0 Å². The highest BCUT2D eigenvalue weighted by Gasteiger charge is 2.46. The summed E-state index contributed by atoms with van der Waals surface area (Å²) >= 11 is 0. The molecule has 1 heterocycles. The summed E-state index contributed by atoms with van der Waals surface area (Å²) in [6.07, 6.45) is -14.0. The molecular formula is C12H22O11. The molecule has 136 valence electrons. The number of aliphatic hydroxyl groups is 7. The van der Waals surface area contributed by atoms with Gasteiger partial charge in [-0.2, -0.15) is 0 Å². The molecule has 1 aliphatic rings. The predicted molar refractivity (Wildman–Crippen MR) is 70.0 cm³/mol. The van der Waals surface area contributed by atoms with Gasteiger partial charge >= 0.3 is 5.97 Å². The molecule has 0 aromatic rings. The highest BCUT2D eigenvalue weighted by Crippen LogP contribution is 2.24. The summed E-state index contributed by atoms with van der Waals surface area (Å²) < 4.78 is 10.1. The number of rotatable bonds is 8. The summed E-state index contributed by atoms with van der Waals surface area (Å²) in [6, 6.07) is 0. The van der Waals surface area contributed by atoms with E-state index in [0.29, 0.717) is 0 Å². The lowest BCUT2D eigenvalue weighted by molar-refractivity contribution is -0.324. The van der Waals surface area contributed by atoms with Crippen LogP contribution in [0.25, 0.3) is 0 Å². The Bertz CT molecular complexity index is 376. The third-order valence-corrected chi connectivity index (χ3v) is 3.47. The number of aliphatic hydroxyl groups excluding tert-OH is 7. The summed E-state index contributed by atoms with van der Waals surface area (Å²) in [7, 11) is 0. The van der Waals surface area contributed by atoms with Crippen LogP contribution in [0, 0.1) is 0 Å². The maximum atomic E-state index is 10.6. The van der Waals surface area contributed by atoms with Gasteiger partial charge in [-0.25, -0.2) is 0 Å².